The Bertz CT molecular complexity index is 2840. The van der Waals surface area contributed by atoms with Crippen molar-refractivity contribution in [1.82, 2.24) is 24.9 Å². The highest BCUT2D eigenvalue weighted by Crippen LogP contribution is 2.40. The van der Waals surface area contributed by atoms with E-state index >= 15 is 0 Å². The average Bonchev–Trinajstić information content (AvgIpc) is 3.53. The zero-order valence-electron chi connectivity index (χ0n) is 24.9. The second-order valence-corrected chi connectivity index (χ2v) is 11.7. The van der Waals surface area contributed by atoms with Crippen LogP contribution in [-0.2, 0) is 0 Å². The van der Waals surface area contributed by atoms with Crippen molar-refractivity contribution >= 4 is 65.4 Å². The highest BCUT2D eigenvalue weighted by molar-refractivity contribution is 6.24. The van der Waals surface area contributed by atoms with E-state index < -0.39 is 0 Å². The van der Waals surface area contributed by atoms with Crippen molar-refractivity contribution in [3.63, 3.8) is 0 Å². The summed E-state index contributed by atoms with van der Waals surface area (Å²) < 4.78 is 6.47. The summed E-state index contributed by atoms with van der Waals surface area (Å²) in [6.45, 7) is 0. The molecule has 0 aliphatic heterocycles. The van der Waals surface area contributed by atoms with Gasteiger partial charge >= 0.3 is 0 Å². The van der Waals surface area contributed by atoms with E-state index in [4.69, 9.17) is 19.4 Å². The van der Waals surface area contributed by atoms with Crippen LogP contribution in [0.5, 0.6) is 0 Å². The third-order valence-electron chi connectivity index (χ3n) is 9.07. The lowest BCUT2D eigenvalue weighted by Gasteiger charge is -2.11. The molecule has 0 saturated carbocycles. The van der Waals surface area contributed by atoms with Gasteiger partial charge in [-0.25, -0.2) is 15.0 Å². The Kier molecular flexibility index (Phi) is 5.48. The Hall–Kier alpha value is -6.53. The zero-order chi connectivity index (χ0) is 30.9. The Morgan fingerprint density at radius 1 is 0.468 bits per heavy atom. The Morgan fingerprint density at radius 3 is 2.11 bits per heavy atom. The van der Waals surface area contributed by atoms with Gasteiger partial charge in [-0.15, -0.1) is 0 Å². The summed E-state index contributed by atoms with van der Waals surface area (Å²) in [7, 11) is 0. The molecule has 0 atom stereocenters. The van der Waals surface area contributed by atoms with Crippen LogP contribution in [0.15, 0.2) is 144 Å². The van der Waals surface area contributed by atoms with Crippen LogP contribution in [0.3, 0.4) is 0 Å². The molecule has 0 amide bonds. The van der Waals surface area contributed by atoms with Crippen molar-refractivity contribution in [3.8, 4) is 33.8 Å². The summed E-state index contributed by atoms with van der Waals surface area (Å²) in [4.78, 5) is 23.9. The number of pyridine rings is 3. The zero-order valence-corrected chi connectivity index (χ0v) is 24.9. The van der Waals surface area contributed by atoms with Crippen LogP contribution in [0.2, 0.25) is 0 Å². The fourth-order valence-electron chi connectivity index (χ4n) is 6.84. The molecule has 0 fully saturated rings. The Morgan fingerprint density at radius 2 is 1.21 bits per heavy atom. The summed E-state index contributed by atoms with van der Waals surface area (Å²) in [5, 5.41) is 7.52. The van der Waals surface area contributed by atoms with Crippen LogP contribution in [0.4, 0.5) is 0 Å². The predicted molar refractivity (Wildman–Crippen MR) is 189 cm³/mol. The molecule has 5 aromatic heterocycles. The van der Waals surface area contributed by atoms with Gasteiger partial charge in [0.15, 0.2) is 5.82 Å². The minimum atomic E-state index is 0.658. The van der Waals surface area contributed by atoms with E-state index in [9.17, 15) is 0 Å². The van der Waals surface area contributed by atoms with Crippen LogP contribution in [-0.4, -0.2) is 24.9 Å². The lowest BCUT2D eigenvalue weighted by atomic mass is 9.97. The molecule has 10 aromatic rings. The van der Waals surface area contributed by atoms with Gasteiger partial charge in [-0.2, -0.15) is 0 Å². The molecule has 5 heterocycles. The first-order valence-corrected chi connectivity index (χ1v) is 15.5. The molecule has 10 rings (SSSR count). The maximum atomic E-state index is 6.47. The molecular formula is C41H23N5O. The molecule has 218 valence electrons. The molecule has 0 radical (unpaired) electrons. The van der Waals surface area contributed by atoms with Gasteiger partial charge in [0.1, 0.15) is 11.2 Å². The van der Waals surface area contributed by atoms with Crippen molar-refractivity contribution in [3.05, 3.63) is 140 Å². The molecule has 47 heavy (non-hydrogen) atoms. The highest BCUT2D eigenvalue weighted by Gasteiger charge is 2.17. The summed E-state index contributed by atoms with van der Waals surface area (Å²) in [6, 6.07) is 39.3. The number of rotatable bonds is 3. The van der Waals surface area contributed by atoms with Gasteiger partial charge in [0.05, 0.1) is 22.2 Å². The first-order valence-electron chi connectivity index (χ1n) is 15.5. The minimum Gasteiger partial charge on any atom is -0.455 e. The van der Waals surface area contributed by atoms with Gasteiger partial charge in [-0.3, -0.25) is 9.97 Å². The molecule has 0 bridgehead atoms. The maximum Gasteiger partial charge on any atom is 0.159 e. The Labute approximate surface area is 268 Å². The number of nitrogens with zero attached hydrogens (tertiary/aromatic N) is 5. The smallest absolute Gasteiger partial charge is 0.159 e. The van der Waals surface area contributed by atoms with Crippen molar-refractivity contribution in [2.24, 2.45) is 0 Å². The van der Waals surface area contributed by atoms with Gasteiger partial charge in [-0.1, -0.05) is 84.9 Å². The number of aromatic nitrogens is 5. The van der Waals surface area contributed by atoms with E-state index in [0.717, 1.165) is 93.4 Å². The maximum absolute atomic E-state index is 6.47. The van der Waals surface area contributed by atoms with Gasteiger partial charge in [0.2, 0.25) is 0 Å². The SMILES string of the molecule is c1cnc2c(c1)ccc1c(-c3cnc(-c4ccc(-c5nc6ccccc6c6c5ccc5c7ccccc7oc56)cc4)nc3)ccnc12. The van der Waals surface area contributed by atoms with Crippen LogP contribution >= 0.6 is 0 Å². The standard InChI is InChI=1S/C41H23N5O/c1-3-9-34-32(8-1)36-33(18-17-31-29-7-2-4-10-35(29)47-40(31)36)37(46-34)25-11-13-26(14-12-25)41-44-22-27(23-45-41)28-19-21-43-39-30(28)16-15-24-6-5-20-42-38(24)39/h1-23H. The monoisotopic (exact) mass is 601 g/mol. The number of furan rings is 1. The van der Waals surface area contributed by atoms with Crippen molar-refractivity contribution < 1.29 is 4.42 Å². The van der Waals surface area contributed by atoms with Gasteiger partial charge < -0.3 is 4.42 Å². The second-order valence-electron chi connectivity index (χ2n) is 11.7. The van der Waals surface area contributed by atoms with E-state index in [-0.39, 0.29) is 0 Å². The first kappa shape index (κ1) is 25.8. The molecule has 6 nitrogen and oxygen atoms in total. The summed E-state index contributed by atoms with van der Waals surface area (Å²) in [6.07, 6.45) is 7.38. The lowest BCUT2D eigenvalue weighted by molar-refractivity contribution is 0.673. The number of hydrogen-bond donors (Lipinski definition) is 0. The van der Waals surface area contributed by atoms with Crippen LogP contribution in [0.25, 0.3) is 99.2 Å². The number of para-hydroxylation sites is 2. The normalized spacial score (nSPS) is 11.8. The summed E-state index contributed by atoms with van der Waals surface area (Å²) in [5.41, 5.74) is 9.27. The topological polar surface area (TPSA) is 77.6 Å². The van der Waals surface area contributed by atoms with E-state index in [1.165, 1.54) is 0 Å². The fourth-order valence-corrected chi connectivity index (χ4v) is 6.84. The van der Waals surface area contributed by atoms with Gasteiger partial charge in [-0.05, 0) is 35.9 Å². The fraction of sp³-hybridized carbons (Fsp3) is 0. The van der Waals surface area contributed by atoms with E-state index in [1.807, 2.05) is 48.9 Å². The highest BCUT2D eigenvalue weighted by atomic mass is 16.3. The van der Waals surface area contributed by atoms with Crippen molar-refractivity contribution in [2.45, 2.75) is 0 Å². The quantitative estimate of drug-likeness (QED) is 0.188. The molecule has 0 aliphatic carbocycles. The van der Waals surface area contributed by atoms with E-state index in [2.05, 4.69) is 94.9 Å². The van der Waals surface area contributed by atoms with Gasteiger partial charge in [0, 0.05) is 79.2 Å². The molecule has 0 saturated heterocycles. The molecular weight excluding hydrogens is 578 g/mol. The van der Waals surface area contributed by atoms with Crippen molar-refractivity contribution in [2.75, 3.05) is 0 Å². The summed E-state index contributed by atoms with van der Waals surface area (Å²) in [5.74, 6) is 0.658. The van der Waals surface area contributed by atoms with Crippen LogP contribution in [0, 0.1) is 0 Å². The average molecular weight is 602 g/mol. The Balaban J connectivity index is 1.05. The summed E-state index contributed by atoms with van der Waals surface area (Å²) >= 11 is 0. The molecule has 0 spiro atoms. The third kappa shape index (κ3) is 3.95. The molecule has 6 heteroatoms. The molecule has 5 aromatic carbocycles. The van der Waals surface area contributed by atoms with Crippen LogP contribution in [0.1, 0.15) is 0 Å². The number of hydrogen-bond acceptors (Lipinski definition) is 6. The van der Waals surface area contributed by atoms with E-state index in [0.29, 0.717) is 5.82 Å². The van der Waals surface area contributed by atoms with Crippen molar-refractivity contribution in [1.29, 1.82) is 0 Å². The number of benzene rings is 5. The second kappa shape index (κ2) is 9.99. The number of fused-ring (bicyclic) bond motifs is 10. The first-order chi connectivity index (χ1) is 23.3. The molecule has 0 unspecified atom stereocenters. The van der Waals surface area contributed by atoms with Gasteiger partial charge in [0.25, 0.3) is 0 Å². The van der Waals surface area contributed by atoms with Crippen LogP contribution < -0.4 is 0 Å². The lowest BCUT2D eigenvalue weighted by Crippen LogP contribution is -1.93. The van der Waals surface area contributed by atoms with E-state index in [1.54, 1.807) is 6.20 Å². The largest absolute Gasteiger partial charge is 0.455 e. The third-order valence-corrected chi connectivity index (χ3v) is 9.07. The molecule has 0 N–H and O–H groups in total. The molecule has 0 aliphatic rings. The minimum absolute atomic E-state index is 0.658. The predicted octanol–water partition coefficient (Wildman–Crippen LogP) is 10.2.